The second kappa shape index (κ2) is 5.24. The monoisotopic (exact) mass is 317 g/mol. The number of hydrogen-bond acceptors (Lipinski definition) is 4. The molecule has 3 N–H and O–H groups in total. The van der Waals surface area contributed by atoms with Gasteiger partial charge in [0.25, 0.3) is 10.0 Å². The number of sulfonamides is 1. The first-order valence-corrected chi connectivity index (χ1v) is 7.32. The van der Waals surface area contributed by atoms with Gasteiger partial charge in [-0.2, -0.15) is 0 Å². The largest absolute Gasteiger partial charge is 0.399 e. The molecule has 1 aromatic heterocycles. The van der Waals surface area contributed by atoms with Crippen LogP contribution in [0.1, 0.15) is 0 Å². The predicted octanol–water partition coefficient (Wildman–Crippen LogP) is 2.77. The summed E-state index contributed by atoms with van der Waals surface area (Å²) < 4.78 is 26.6. The van der Waals surface area contributed by atoms with Crippen molar-refractivity contribution in [1.82, 2.24) is 4.98 Å². The number of nitrogens with two attached hydrogens (primary N) is 1. The fourth-order valence-corrected chi connectivity index (χ4v) is 3.19. The standard InChI is InChI=1S/C11H9Cl2N3O2S/c12-8-2-1-5-15-11(8)16-19(17,18)10-4-3-7(14)6-9(10)13/h1-6H,14H2,(H,15,16). The molecule has 0 unspecified atom stereocenters. The molecule has 2 rings (SSSR count). The van der Waals surface area contributed by atoms with Crippen molar-refractivity contribution < 1.29 is 8.42 Å². The molecule has 5 nitrogen and oxygen atoms in total. The van der Waals surface area contributed by atoms with Crippen LogP contribution in [0.4, 0.5) is 11.5 Å². The van der Waals surface area contributed by atoms with Crippen LogP contribution in [0.25, 0.3) is 0 Å². The topological polar surface area (TPSA) is 85.1 Å². The van der Waals surface area contributed by atoms with Crippen molar-refractivity contribution in [3.8, 4) is 0 Å². The van der Waals surface area contributed by atoms with Crippen molar-refractivity contribution in [2.45, 2.75) is 4.90 Å². The molecule has 0 aliphatic carbocycles. The van der Waals surface area contributed by atoms with Gasteiger partial charge in [-0.25, -0.2) is 13.4 Å². The molecular formula is C11H9Cl2N3O2S. The molecule has 8 heteroatoms. The van der Waals surface area contributed by atoms with E-state index in [-0.39, 0.29) is 20.8 Å². The summed E-state index contributed by atoms with van der Waals surface area (Å²) in [4.78, 5) is 3.75. The maximum absolute atomic E-state index is 12.2. The van der Waals surface area contributed by atoms with Crippen LogP contribution in [0.5, 0.6) is 0 Å². The van der Waals surface area contributed by atoms with Crippen LogP contribution in [-0.2, 0) is 10.0 Å². The molecule has 0 saturated heterocycles. The molecule has 0 aliphatic heterocycles. The molecule has 0 bridgehead atoms. The van der Waals surface area contributed by atoms with Gasteiger partial charge in [-0.3, -0.25) is 4.72 Å². The van der Waals surface area contributed by atoms with Gasteiger partial charge in [0.15, 0.2) is 5.82 Å². The third kappa shape index (κ3) is 3.09. The smallest absolute Gasteiger partial charge is 0.264 e. The highest BCUT2D eigenvalue weighted by molar-refractivity contribution is 7.92. The summed E-state index contributed by atoms with van der Waals surface area (Å²) in [5, 5.41) is 0.220. The first-order chi connectivity index (χ1) is 8.90. The van der Waals surface area contributed by atoms with Crippen molar-refractivity contribution >= 4 is 44.7 Å². The van der Waals surface area contributed by atoms with Gasteiger partial charge in [-0.15, -0.1) is 0 Å². The molecule has 0 radical (unpaired) electrons. The number of nitrogens with one attached hydrogen (secondary N) is 1. The Morgan fingerprint density at radius 1 is 1.16 bits per heavy atom. The Kier molecular flexibility index (Phi) is 3.84. The van der Waals surface area contributed by atoms with Crippen LogP contribution in [0.2, 0.25) is 10.0 Å². The lowest BCUT2D eigenvalue weighted by Gasteiger charge is -2.10. The maximum atomic E-state index is 12.2. The van der Waals surface area contributed by atoms with E-state index in [1.807, 2.05) is 0 Å². The minimum absolute atomic E-state index is 0.0274. The molecule has 0 spiro atoms. The summed E-state index contributed by atoms with van der Waals surface area (Å²) in [6.45, 7) is 0. The Balaban J connectivity index is 2.41. The first-order valence-electron chi connectivity index (χ1n) is 5.08. The molecule has 0 saturated carbocycles. The van der Waals surface area contributed by atoms with Crippen LogP contribution < -0.4 is 10.5 Å². The fraction of sp³-hybridized carbons (Fsp3) is 0. The van der Waals surface area contributed by atoms with Crippen LogP contribution in [0, 0.1) is 0 Å². The lowest BCUT2D eigenvalue weighted by atomic mass is 10.3. The Morgan fingerprint density at radius 2 is 1.89 bits per heavy atom. The maximum Gasteiger partial charge on any atom is 0.264 e. The lowest BCUT2D eigenvalue weighted by Crippen LogP contribution is -2.14. The quantitative estimate of drug-likeness (QED) is 0.852. The summed E-state index contributed by atoms with van der Waals surface area (Å²) in [7, 11) is -3.87. The number of hydrogen-bond donors (Lipinski definition) is 2. The Labute approximate surface area is 120 Å². The van der Waals surface area contributed by atoms with Crippen LogP contribution in [0.3, 0.4) is 0 Å². The molecule has 19 heavy (non-hydrogen) atoms. The number of nitrogens with zero attached hydrogens (tertiary/aromatic N) is 1. The van der Waals surface area contributed by atoms with Crippen LogP contribution in [0.15, 0.2) is 41.4 Å². The average molecular weight is 318 g/mol. The third-order valence-electron chi connectivity index (χ3n) is 2.23. The molecule has 0 atom stereocenters. The molecule has 0 amide bonds. The summed E-state index contributed by atoms with van der Waals surface area (Å²) in [5.41, 5.74) is 5.89. The Bertz CT molecular complexity index is 720. The van der Waals surface area contributed by atoms with Crippen molar-refractivity contribution in [3.63, 3.8) is 0 Å². The highest BCUT2D eigenvalue weighted by atomic mass is 35.5. The van der Waals surface area contributed by atoms with Gasteiger partial charge in [0.1, 0.15) is 4.90 Å². The molecule has 1 aromatic carbocycles. The summed E-state index contributed by atoms with van der Waals surface area (Å²) in [6, 6.07) is 7.24. The highest BCUT2D eigenvalue weighted by Crippen LogP contribution is 2.27. The van der Waals surface area contributed by atoms with Crippen molar-refractivity contribution in [1.29, 1.82) is 0 Å². The number of rotatable bonds is 3. The third-order valence-corrected chi connectivity index (χ3v) is 4.36. The number of benzene rings is 1. The number of halogens is 2. The van der Waals surface area contributed by atoms with Crippen LogP contribution >= 0.6 is 23.2 Å². The summed E-state index contributed by atoms with van der Waals surface area (Å²) >= 11 is 11.7. The SMILES string of the molecule is Nc1ccc(S(=O)(=O)Nc2ncccc2Cl)c(Cl)c1. The lowest BCUT2D eigenvalue weighted by molar-refractivity contribution is 0.601. The van der Waals surface area contributed by atoms with E-state index in [1.54, 1.807) is 6.07 Å². The van der Waals surface area contributed by atoms with E-state index in [2.05, 4.69) is 9.71 Å². The van der Waals surface area contributed by atoms with Crippen molar-refractivity contribution in [2.75, 3.05) is 10.5 Å². The van der Waals surface area contributed by atoms with E-state index in [1.165, 1.54) is 30.5 Å². The van der Waals surface area contributed by atoms with Gasteiger partial charge in [0.2, 0.25) is 0 Å². The summed E-state index contributed by atoms with van der Waals surface area (Å²) in [6.07, 6.45) is 1.42. The Morgan fingerprint density at radius 3 is 2.53 bits per heavy atom. The fourth-order valence-electron chi connectivity index (χ4n) is 1.38. The molecule has 2 aromatic rings. The molecule has 1 heterocycles. The van der Waals surface area contributed by atoms with E-state index in [0.717, 1.165) is 0 Å². The summed E-state index contributed by atoms with van der Waals surface area (Å²) in [5.74, 6) is 0.0389. The van der Waals surface area contributed by atoms with E-state index >= 15 is 0 Å². The normalized spacial score (nSPS) is 11.3. The molecule has 100 valence electrons. The number of aromatic nitrogens is 1. The van der Waals surface area contributed by atoms with E-state index in [4.69, 9.17) is 28.9 Å². The predicted molar refractivity (Wildman–Crippen MR) is 75.9 cm³/mol. The zero-order valence-electron chi connectivity index (χ0n) is 9.47. The van der Waals surface area contributed by atoms with E-state index in [9.17, 15) is 8.42 Å². The number of nitrogen functional groups attached to an aromatic ring is 1. The van der Waals surface area contributed by atoms with Gasteiger partial charge in [0, 0.05) is 11.9 Å². The average Bonchev–Trinajstić information content (AvgIpc) is 2.31. The van der Waals surface area contributed by atoms with Gasteiger partial charge in [-0.05, 0) is 30.3 Å². The van der Waals surface area contributed by atoms with Gasteiger partial charge < -0.3 is 5.73 Å². The zero-order valence-corrected chi connectivity index (χ0v) is 11.8. The molecule has 0 aliphatic rings. The zero-order chi connectivity index (χ0) is 14.0. The van der Waals surface area contributed by atoms with Crippen molar-refractivity contribution in [2.24, 2.45) is 0 Å². The highest BCUT2D eigenvalue weighted by Gasteiger charge is 2.19. The van der Waals surface area contributed by atoms with E-state index < -0.39 is 10.0 Å². The van der Waals surface area contributed by atoms with Gasteiger partial charge in [-0.1, -0.05) is 23.2 Å². The number of pyridine rings is 1. The second-order valence-electron chi connectivity index (χ2n) is 3.63. The minimum Gasteiger partial charge on any atom is -0.399 e. The second-order valence-corrected chi connectivity index (χ2v) is 6.09. The van der Waals surface area contributed by atoms with E-state index in [0.29, 0.717) is 5.69 Å². The van der Waals surface area contributed by atoms with Gasteiger partial charge in [0.05, 0.1) is 10.0 Å². The van der Waals surface area contributed by atoms with Crippen LogP contribution in [-0.4, -0.2) is 13.4 Å². The Hall–Kier alpha value is -1.50. The minimum atomic E-state index is -3.87. The van der Waals surface area contributed by atoms with Gasteiger partial charge >= 0.3 is 0 Å². The van der Waals surface area contributed by atoms with Crippen molar-refractivity contribution in [3.05, 3.63) is 46.6 Å². The first kappa shape index (κ1) is 13.9. The molecular weight excluding hydrogens is 309 g/mol. The molecule has 0 fully saturated rings. The number of anilines is 2.